The van der Waals surface area contributed by atoms with E-state index < -0.39 is 11.7 Å². The number of hydrogen-bond acceptors (Lipinski definition) is 2. The van der Waals surface area contributed by atoms with Gasteiger partial charge < -0.3 is 0 Å². The van der Waals surface area contributed by atoms with E-state index in [1.165, 1.54) is 6.07 Å². The molecule has 5 heteroatoms. The summed E-state index contributed by atoms with van der Waals surface area (Å²) in [5.41, 5.74) is -0.0253. The van der Waals surface area contributed by atoms with Crippen molar-refractivity contribution in [1.82, 2.24) is 0 Å². The fourth-order valence-corrected chi connectivity index (χ4v) is 1.40. The molecule has 1 aromatic carbocycles. The normalized spacial score (nSPS) is 12.7. The quantitative estimate of drug-likeness (QED) is 0.588. The van der Waals surface area contributed by atoms with Gasteiger partial charge in [0, 0.05) is 10.5 Å². The highest BCUT2D eigenvalue weighted by Gasteiger charge is 2.31. The van der Waals surface area contributed by atoms with Gasteiger partial charge in [-0.15, -0.1) is 12.6 Å². The van der Waals surface area contributed by atoms with E-state index in [1.54, 1.807) is 13.0 Å². The third kappa shape index (κ3) is 2.66. The van der Waals surface area contributed by atoms with Gasteiger partial charge in [-0.1, -0.05) is 12.1 Å². The Morgan fingerprint density at radius 1 is 1.44 bits per heavy atom. The molecule has 0 atom stereocenters. The van der Waals surface area contributed by atoms with Crippen LogP contribution in [-0.4, -0.2) is 6.72 Å². The SMILES string of the molecule is C=Nc1cc(C(F)(F)F)ccc1/C(S)=C\C. The van der Waals surface area contributed by atoms with Gasteiger partial charge >= 0.3 is 6.18 Å². The highest BCUT2D eigenvalue weighted by molar-refractivity contribution is 7.90. The first-order valence-corrected chi connectivity index (χ1v) is 4.88. The van der Waals surface area contributed by atoms with Crippen molar-refractivity contribution in [3.8, 4) is 0 Å². The van der Waals surface area contributed by atoms with E-state index in [9.17, 15) is 13.2 Å². The van der Waals surface area contributed by atoms with Crippen LogP contribution in [0.2, 0.25) is 0 Å². The number of benzene rings is 1. The third-order valence-corrected chi connectivity index (χ3v) is 2.54. The minimum atomic E-state index is -4.37. The first kappa shape index (κ1) is 12.8. The van der Waals surface area contributed by atoms with Gasteiger partial charge in [0.1, 0.15) is 0 Å². The maximum atomic E-state index is 12.4. The van der Waals surface area contributed by atoms with Crippen LogP contribution < -0.4 is 0 Å². The van der Waals surface area contributed by atoms with Crippen LogP contribution in [0, 0.1) is 0 Å². The minimum absolute atomic E-state index is 0.179. The Kier molecular flexibility index (Phi) is 3.80. The van der Waals surface area contributed by atoms with E-state index in [-0.39, 0.29) is 5.69 Å². The molecule has 0 bridgehead atoms. The fourth-order valence-electron chi connectivity index (χ4n) is 1.21. The van der Waals surface area contributed by atoms with Crippen LogP contribution in [0.5, 0.6) is 0 Å². The second kappa shape index (κ2) is 4.74. The zero-order chi connectivity index (χ0) is 12.3. The Morgan fingerprint density at radius 3 is 2.50 bits per heavy atom. The van der Waals surface area contributed by atoms with E-state index in [1.807, 2.05) is 0 Å². The zero-order valence-corrected chi connectivity index (χ0v) is 9.44. The average Bonchev–Trinajstić information content (AvgIpc) is 2.26. The molecule has 1 rings (SSSR count). The van der Waals surface area contributed by atoms with Crippen molar-refractivity contribution in [3.63, 3.8) is 0 Å². The Labute approximate surface area is 97.1 Å². The summed E-state index contributed by atoms with van der Waals surface area (Å²) in [5.74, 6) is 0. The topological polar surface area (TPSA) is 12.4 Å². The number of alkyl halides is 3. The lowest BCUT2D eigenvalue weighted by Crippen LogP contribution is -2.04. The lowest BCUT2D eigenvalue weighted by Gasteiger charge is -2.10. The number of halogens is 3. The molecule has 0 aliphatic carbocycles. The summed E-state index contributed by atoms with van der Waals surface area (Å²) in [7, 11) is 0. The molecule has 0 aliphatic heterocycles. The van der Waals surface area contributed by atoms with Crippen molar-refractivity contribution in [2.75, 3.05) is 0 Å². The maximum Gasteiger partial charge on any atom is 0.416 e. The van der Waals surface area contributed by atoms with Crippen LogP contribution in [0.3, 0.4) is 0 Å². The van der Waals surface area contributed by atoms with Gasteiger partial charge in [-0.25, -0.2) is 0 Å². The summed E-state index contributed by atoms with van der Waals surface area (Å²) in [4.78, 5) is 4.14. The molecule has 86 valence electrons. The van der Waals surface area contributed by atoms with Gasteiger partial charge in [-0.3, -0.25) is 4.99 Å². The van der Waals surface area contributed by atoms with E-state index in [2.05, 4.69) is 24.3 Å². The molecule has 0 aliphatic rings. The van der Waals surface area contributed by atoms with Crippen LogP contribution in [-0.2, 0) is 6.18 Å². The molecule has 0 aromatic heterocycles. The van der Waals surface area contributed by atoms with E-state index >= 15 is 0 Å². The highest BCUT2D eigenvalue weighted by Crippen LogP contribution is 2.36. The van der Waals surface area contributed by atoms with Crippen molar-refractivity contribution in [1.29, 1.82) is 0 Å². The Morgan fingerprint density at radius 2 is 2.06 bits per heavy atom. The summed E-state index contributed by atoms with van der Waals surface area (Å²) >= 11 is 4.14. The predicted octanol–water partition coefficient (Wildman–Crippen LogP) is 4.33. The molecule has 0 radical (unpaired) electrons. The molecule has 0 saturated heterocycles. The molecule has 0 spiro atoms. The third-order valence-electron chi connectivity index (χ3n) is 2.04. The molecule has 0 fully saturated rings. The summed E-state index contributed by atoms with van der Waals surface area (Å²) < 4.78 is 37.3. The number of aliphatic imine (C=N–C) groups is 1. The second-order valence-corrected chi connectivity index (χ2v) is 3.54. The van der Waals surface area contributed by atoms with Gasteiger partial charge in [0.15, 0.2) is 0 Å². The molecule has 16 heavy (non-hydrogen) atoms. The molecule has 0 N–H and O–H groups in total. The average molecular weight is 245 g/mol. The molecule has 0 unspecified atom stereocenters. The summed E-state index contributed by atoms with van der Waals surface area (Å²) in [6, 6.07) is 3.31. The molecule has 1 nitrogen and oxygen atoms in total. The summed E-state index contributed by atoms with van der Waals surface area (Å²) in [6.07, 6.45) is -2.69. The Balaban J connectivity index is 3.33. The number of nitrogens with zero attached hydrogens (tertiary/aromatic N) is 1. The first-order chi connectivity index (χ1) is 7.40. The minimum Gasteiger partial charge on any atom is -0.264 e. The van der Waals surface area contributed by atoms with Crippen LogP contribution in [0.25, 0.3) is 4.91 Å². The van der Waals surface area contributed by atoms with Gasteiger partial charge in [0.2, 0.25) is 0 Å². The molecular formula is C11H10F3NS. The predicted molar refractivity (Wildman–Crippen MR) is 63.3 cm³/mol. The van der Waals surface area contributed by atoms with Crippen molar-refractivity contribution >= 4 is 29.9 Å². The van der Waals surface area contributed by atoms with Crippen LogP contribution in [0.4, 0.5) is 18.9 Å². The van der Waals surface area contributed by atoms with Gasteiger partial charge in [-0.2, -0.15) is 13.2 Å². The lowest BCUT2D eigenvalue weighted by molar-refractivity contribution is -0.137. The van der Waals surface area contributed by atoms with E-state index in [4.69, 9.17) is 0 Å². The second-order valence-electron chi connectivity index (χ2n) is 3.06. The van der Waals surface area contributed by atoms with Crippen molar-refractivity contribution in [2.45, 2.75) is 13.1 Å². The lowest BCUT2D eigenvalue weighted by atomic mass is 10.1. The molecule has 1 aromatic rings. The van der Waals surface area contributed by atoms with Gasteiger partial charge in [0.05, 0.1) is 11.3 Å². The molecular weight excluding hydrogens is 235 g/mol. The smallest absolute Gasteiger partial charge is 0.264 e. The monoisotopic (exact) mass is 245 g/mol. The van der Waals surface area contributed by atoms with Crippen molar-refractivity contribution in [2.24, 2.45) is 4.99 Å². The zero-order valence-electron chi connectivity index (χ0n) is 8.54. The van der Waals surface area contributed by atoms with Crippen LogP contribution in [0.1, 0.15) is 18.1 Å². The van der Waals surface area contributed by atoms with E-state index in [0.717, 1.165) is 12.1 Å². The number of allylic oxidation sites excluding steroid dienone is 1. The summed E-state index contributed by atoms with van der Waals surface area (Å²) in [5, 5.41) is 0. The Bertz CT molecular complexity index is 435. The fraction of sp³-hybridized carbons (Fsp3) is 0.182. The van der Waals surface area contributed by atoms with Crippen molar-refractivity contribution in [3.05, 3.63) is 35.4 Å². The molecule has 0 amide bonds. The first-order valence-electron chi connectivity index (χ1n) is 4.43. The number of thiol groups is 1. The van der Waals surface area contributed by atoms with Crippen molar-refractivity contribution < 1.29 is 13.2 Å². The van der Waals surface area contributed by atoms with E-state index in [0.29, 0.717) is 10.5 Å². The molecule has 0 heterocycles. The van der Waals surface area contributed by atoms with Crippen LogP contribution in [0.15, 0.2) is 29.3 Å². The standard InChI is InChI=1S/C11H10F3NS/c1-3-10(16)8-5-4-7(11(12,13)14)6-9(8)15-2/h3-6,16H,2H2,1H3/b10-3+. The number of rotatable bonds is 2. The largest absolute Gasteiger partial charge is 0.416 e. The summed E-state index contributed by atoms with van der Waals surface area (Å²) in [6.45, 7) is 5.00. The Hall–Kier alpha value is -1.23. The van der Waals surface area contributed by atoms with Crippen LogP contribution >= 0.6 is 12.6 Å². The molecule has 0 saturated carbocycles. The number of hydrogen-bond donors (Lipinski definition) is 1. The van der Waals surface area contributed by atoms with Gasteiger partial charge in [0.25, 0.3) is 0 Å². The maximum absolute atomic E-state index is 12.4. The highest BCUT2D eigenvalue weighted by atomic mass is 32.1. The van der Waals surface area contributed by atoms with Gasteiger partial charge in [-0.05, 0) is 25.8 Å².